The minimum atomic E-state index is -1.28. The van der Waals surface area contributed by atoms with Gasteiger partial charge < -0.3 is 25.6 Å². The van der Waals surface area contributed by atoms with Gasteiger partial charge in [0.15, 0.2) is 11.4 Å². The summed E-state index contributed by atoms with van der Waals surface area (Å²) in [4.78, 5) is 37.5. The van der Waals surface area contributed by atoms with Gasteiger partial charge in [-0.05, 0) is 36.1 Å². The van der Waals surface area contributed by atoms with E-state index >= 15 is 0 Å². The number of amides is 2. The number of aliphatic hydroxyl groups excluding tert-OH is 2. The second-order valence-corrected chi connectivity index (χ2v) is 8.56. The normalized spacial score (nSPS) is 19.8. The average molecular weight is 473 g/mol. The van der Waals surface area contributed by atoms with Crippen LogP contribution in [-0.4, -0.2) is 65.3 Å². The van der Waals surface area contributed by atoms with Crippen molar-refractivity contribution in [1.82, 2.24) is 10.6 Å². The van der Waals surface area contributed by atoms with Crippen molar-refractivity contribution in [2.75, 3.05) is 19.8 Å². The summed E-state index contributed by atoms with van der Waals surface area (Å²) in [7, 11) is 0. The molecule has 0 aromatic heterocycles. The van der Waals surface area contributed by atoms with Crippen LogP contribution in [0.25, 0.3) is 6.08 Å². The summed E-state index contributed by atoms with van der Waals surface area (Å²) in [6.45, 7) is 2.71. The van der Waals surface area contributed by atoms with Crippen molar-refractivity contribution < 1.29 is 29.3 Å². The monoisotopic (exact) mass is 472 g/mol. The Morgan fingerprint density at radius 1 is 1.16 bits per heavy atom. The molecule has 170 valence electrons. The molecule has 0 radical (unpaired) electrons. The molecule has 0 unspecified atom stereocenters. The second kappa shape index (κ2) is 11.1. The zero-order chi connectivity index (χ0) is 23.2. The summed E-state index contributed by atoms with van der Waals surface area (Å²) < 4.78 is 5.10. The van der Waals surface area contributed by atoms with Crippen molar-refractivity contribution in [2.24, 2.45) is 5.92 Å². The van der Waals surface area contributed by atoms with Crippen LogP contribution in [0, 0.1) is 5.92 Å². The van der Waals surface area contributed by atoms with Crippen molar-refractivity contribution >= 4 is 46.9 Å². The Bertz CT molecular complexity index is 854. The number of ether oxygens (including phenoxy) is 1. The van der Waals surface area contributed by atoms with Crippen molar-refractivity contribution in [3.05, 3.63) is 39.9 Å². The Hall–Kier alpha value is -1.97. The van der Waals surface area contributed by atoms with E-state index in [0.717, 1.165) is 0 Å². The van der Waals surface area contributed by atoms with Crippen LogP contribution in [0.3, 0.4) is 0 Å². The van der Waals surface area contributed by atoms with Crippen LogP contribution >= 0.6 is 23.2 Å². The summed E-state index contributed by atoms with van der Waals surface area (Å²) in [6, 6.07) is 2.63. The molecule has 0 aliphatic carbocycles. The lowest BCUT2D eigenvalue weighted by atomic mass is 9.92. The smallest absolute Gasteiger partial charge is 0.245 e. The Balaban J connectivity index is 2.01. The molecule has 31 heavy (non-hydrogen) atoms. The number of epoxide rings is 1. The predicted molar refractivity (Wildman–Crippen MR) is 117 cm³/mol. The summed E-state index contributed by atoms with van der Waals surface area (Å²) in [5.41, 5.74) is -0.663. The van der Waals surface area contributed by atoms with Gasteiger partial charge in [0.2, 0.25) is 11.8 Å². The first-order chi connectivity index (χ1) is 14.6. The molecule has 2 rings (SSSR count). The Labute approximate surface area is 190 Å². The number of aliphatic hydroxyl groups is 2. The highest BCUT2D eigenvalue weighted by atomic mass is 35.5. The molecule has 4 N–H and O–H groups in total. The SMILES string of the molecule is CC(C)C[C@H](NC(=O)[C@H](CO)NC(=O)C=Cc1ccc(Cl)c(Cl)c1)C(=O)[C@@]1(CO)CO1. The van der Waals surface area contributed by atoms with Gasteiger partial charge in [0.25, 0.3) is 0 Å². The van der Waals surface area contributed by atoms with Crippen LogP contribution in [0.15, 0.2) is 24.3 Å². The van der Waals surface area contributed by atoms with Gasteiger partial charge >= 0.3 is 0 Å². The van der Waals surface area contributed by atoms with Gasteiger partial charge in [0, 0.05) is 6.08 Å². The van der Waals surface area contributed by atoms with Crippen LogP contribution in [-0.2, 0) is 19.1 Å². The highest BCUT2D eigenvalue weighted by Gasteiger charge is 2.54. The summed E-state index contributed by atoms with van der Waals surface area (Å²) in [5, 5.41) is 24.7. The highest BCUT2D eigenvalue weighted by molar-refractivity contribution is 6.42. The van der Waals surface area contributed by atoms with E-state index in [1.54, 1.807) is 18.2 Å². The first-order valence-corrected chi connectivity index (χ1v) is 10.5. The summed E-state index contributed by atoms with van der Waals surface area (Å²) in [6.07, 6.45) is 2.98. The van der Waals surface area contributed by atoms with Crippen molar-refractivity contribution in [3.8, 4) is 0 Å². The fourth-order valence-electron chi connectivity index (χ4n) is 2.89. The van der Waals surface area contributed by atoms with Gasteiger partial charge in [0.1, 0.15) is 6.04 Å². The van der Waals surface area contributed by atoms with Gasteiger partial charge in [0.05, 0.1) is 35.9 Å². The molecule has 0 bridgehead atoms. The number of ketones is 1. The maximum atomic E-state index is 12.7. The summed E-state index contributed by atoms with van der Waals surface area (Å²) >= 11 is 11.8. The fraction of sp³-hybridized carbons (Fsp3) is 0.476. The molecule has 1 aliphatic rings. The number of hydrogen-bond acceptors (Lipinski definition) is 6. The molecular formula is C21H26Cl2N2O6. The lowest BCUT2D eigenvalue weighted by molar-refractivity contribution is -0.134. The van der Waals surface area contributed by atoms with Crippen molar-refractivity contribution in [1.29, 1.82) is 0 Å². The van der Waals surface area contributed by atoms with Crippen LogP contribution in [0.5, 0.6) is 0 Å². The molecule has 1 aromatic rings. The number of rotatable bonds is 11. The second-order valence-electron chi connectivity index (χ2n) is 7.75. The third kappa shape index (κ3) is 7.02. The highest BCUT2D eigenvalue weighted by Crippen LogP contribution is 2.30. The Morgan fingerprint density at radius 3 is 2.35 bits per heavy atom. The maximum absolute atomic E-state index is 12.7. The molecular weight excluding hydrogens is 447 g/mol. The van der Waals surface area contributed by atoms with Crippen LogP contribution in [0.2, 0.25) is 10.0 Å². The number of Topliss-reactive ketones (excluding diaryl/α,β-unsaturated/α-hetero) is 1. The number of benzene rings is 1. The van der Waals surface area contributed by atoms with Gasteiger partial charge in [-0.2, -0.15) is 0 Å². The summed E-state index contributed by atoms with van der Waals surface area (Å²) in [5.74, 6) is -1.70. The Kier molecular flexibility index (Phi) is 9.02. The van der Waals surface area contributed by atoms with Gasteiger partial charge in [-0.1, -0.05) is 43.1 Å². The molecule has 1 heterocycles. The average Bonchev–Trinajstić information content (AvgIpc) is 3.52. The predicted octanol–water partition coefficient (Wildman–Crippen LogP) is 1.34. The van der Waals surface area contributed by atoms with Crippen molar-refractivity contribution in [3.63, 3.8) is 0 Å². The number of nitrogens with one attached hydrogen (secondary N) is 2. The quantitative estimate of drug-likeness (QED) is 0.284. The van der Waals surface area contributed by atoms with Crippen LogP contribution < -0.4 is 10.6 Å². The number of halogens is 2. The van der Waals surface area contributed by atoms with E-state index in [1.807, 2.05) is 13.8 Å². The van der Waals surface area contributed by atoms with Gasteiger partial charge in [-0.3, -0.25) is 14.4 Å². The third-order valence-electron chi connectivity index (χ3n) is 4.72. The third-order valence-corrected chi connectivity index (χ3v) is 5.46. The molecule has 1 saturated heterocycles. The Morgan fingerprint density at radius 2 is 1.84 bits per heavy atom. The van der Waals surface area contributed by atoms with E-state index in [9.17, 15) is 24.6 Å². The lowest BCUT2D eigenvalue weighted by Crippen LogP contribution is -2.55. The maximum Gasteiger partial charge on any atom is 0.245 e. The van der Waals surface area contributed by atoms with Crippen LogP contribution in [0.4, 0.5) is 0 Å². The van der Waals surface area contributed by atoms with E-state index < -0.39 is 48.5 Å². The molecule has 2 amide bonds. The van der Waals surface area contributed by atoms with E-state index in [2.05, 4.69) is 10.6 Å². The first kappa shape index (κ1) is 25.3. The zero-order valence-corrected chi connectivity index (χ0v) is 18.7. The number of carbonyl (C=O) groups excluding carboxylic acids is 3. The molecule has 8 nitrogen and oxygen atoms in total. The molecule has 10 heteroatoms. The molecule has 0 saturated carbocycles. The van der Waals surface area contributed by atoms with Gasteiger partial charge in [-0.25, -0.2) is 0 Å². The molecule has 3 atom stereocenters. The number of carbonyl (C=O) groups is 3. The largest absolute Gasteiger partial charge is 0.394 e. The van der Waals surface area contributed by atoms with Crippen molar-refractivity contribution in [2.45, 2.75) is 38.0 Å². The molecule has 1 fully saturated rings. The topological polar surface area (TPSA) is 128 Å². The van der Waals surface area contributed by atoms with E-state index in [4.69, 9.17) is 27.9 Å². The van der Waals surface area contributed by atoms with E-state index in [-0.39, 0.29) is 12.5 Å². The minimum absolute atomic E-state index is 0.0695. The molecule has 1 aromatic carbocycles. The van der Waals surface area contributed by atoms with E-state index in [1.165, 1.54) is 12.2 Å². The standard InChI is InChI=1S/C21H26Cl2N2O6/c1-12(2)7-16(19(29)21(10-27)11-31-21)25-20(30)17(9-26)24-18(28)6-4-13-3-5-14(22)15(23)8-13/h3-6,8,12,16-17,26-27H,7,9-11H2,1-2H3,(H,24,28)(H,25,30)/t16-,17-,21+/m0/s1. The van der Waals surface area contributed by atoms with Gasteiger partial charge in [-0.15, -0.1) is 0 Å². The van der Waals surface area contributed by atoms with Crippen LogP contribution in [0.1, 0.15) is 25.8 Å². The fourth-order valence-corrected chi connectivity index (χ4v) is 3.20. The first-order valence-electron chi connectivity index (χ1n) is 9.76. The zero-order valence-electron chi connectivity index (χ0n) is 17.2. The number of hydrogen-bond donors (Lipinski definition) is 4. The molecule has 1 aliphatic heterocycles. The van der Waals surface area contributed by atoms with E-state index in [0.29, 0.717) is 22.0 Å². The minimum Gasteiger partial charge on any atom is -0.394 e. The molecule has 0 spiro atoms. The lowest BCUT2D eigenvalue weighted by Gasteiger charge is -2.24.